The summed E-state index contributed by atoms with van der Waals surface area (Å²) in [5, 5.41) is 8.86. The van der Waals surface area contributed by atoms with Gasteiger partial charge in [-0.05, 0) is 0 Å². The van der Waals surface area contributed by atoms with Gasteiger partial charge < -0.3 is 14.6 Å². The number of hydrogen-bond donors (Lipinski definition) is 1. The Morgan fingerprint density at radius 3 is 2.75 bits per heavy atom. The molecule has 9 heteroatoms. The predicted molar refractivity (Wildman–Crippen MR) is 68.9 cm³/mol. The maximum Gasteiger partial charge on any atom is 0.305 e. The molecule has 1 aliphatic heterocycles. The fraction of sp³-hybridized carbons (Fsp3) is 0.545. The lowest BCUT2D eigenvalue weighted by Gasteiger charge is -2.34. The molecule has 0 aliphatic carbocycles. The molecule has 1 N–H and O–H groups in total. The van der Waals surface area contributed by atoms with Gasteiger partial charge in [0.15, 0.2) is 9.84 Å². The first-order chi connectivity index (χ1) is 9.28. The Kier molecular flexibility index (Phi) is 3.80. The van der Waals surface area contributed by atoms with Crippen LogP contribution in [0.4, 0.5) is 0 Å². The van der Waals surface area contributed by atoms with Gasteiger partial charge in [-0.15, -0.1) is 0 Å². The number of nitrogens with zero attached hydrogens (tertiary/aromatic N) is 3. The highest BCUT2D eigenvalue weighted by Gasteiger charge is 2.36. The quantitative estimate of drug-likeness (QED) is 0.777. The van der Waals surface area contributed by atoms with Crippen molar-refractivity contribution in [1.82, 2.24) is 14.5 Å². The Labute approximate surface area is 115 Å². The number of aliphatic carboxylic acids is 1. The lowest BCUT2D eigenvalue weighted by atomic mass is 10.2. The van der Waals surface area contributed by atoms with Crippen LogP contribution in [0.2, 0.25) is 0 Å². The van der Waals surface area contributed by atoms with E-state index in [1.54, 1.807) is 11.6 Å². The molecular formula is C11H15N3O5S. The molecule has 1 atom stereocenters. The van der Waals surface area contributed by atoms with E-state index in [1.165, 1.54) is 17.4 Å². The lowest BCUT2D eigenvalue weighted by molar-refractivity contribution is -0.138. The Balaban J connectivity index is 2.23. The molecule has 1 aromatic heterocycles. The lowest BCUT2D eigenvalue weighted by Crippen LogP contribution is -2.52. The Bertz CT molecular complexity index is 636. The maximum atomic E-state index is 12.3. The summed E-state index contributed by atoms with van der Waals surface area (Å²) in [6.45, 7) is -0.00428. The molecule has 110 valence electrons. The van der Waals surface area contributed by atoms with Gasteiger partial charge in [0, 0.05) is 19.8 Å². The molecule has 1 aromatic rings. The van der Waals surface area contributed by atoms with Crippen molar-refractivity contribution in [2.24, 2.45) is 7.05 Å². The summed E-state index contributed by atoms with van der Waals surface area (Å²) in [6.07, 6.45) is 2.58. The fourth-order valence-corrected chi connectivity index (χ4v) is 3.72. The first-order valence-electron chi connectivity index (χ1n) is 5.99. The third-order valence-corrected chi connectivity index (χ3v) is 4.82. The monoisotopic (exact) mass is 301 g/mol. The van der Waals surface area contributed by atoms with Crippen LogP contribution in [-0.4, -0.2) is 63.9 Å². The number of aromatic nitrogens is 2. The SMILES string of the molecule is Cn1cnc(C(=O)N2CCS(=O)(=O)CC2CC(=O)O)c1. The number of carbonyl (C=O) groups is 2. The summed E-state index contributed by atoms with van der Waals surface area (Å²) in [5.41, 5.74) is 0.183. The molecular weight excluding hydrogens is 286 g/mol. The minimum atomic E-state index is -3.30. The Hall–Kier alpha value is -1.90. The van der Waals surface area contributed by atoms with Gasteiger partial charge in [0.1, 0.15) is 5.69 Å². The van der Waals surface area contributed by atoms with Crippen molar-refractivity contribution in [3.8, 4) is 0 Å². The highest BCUT2D eigenvalue weighted by molar-refractivity contribution is 7.91. The van der Waals surface area contributed by atoms with Crippen LogP contribution in [0.5, 0.6) is 0 Å². The molecule has 0 saturated carbocycles. The van der Waals surface area contributed by atoms with E-state index in [2.05, 4.69) is 4.98 Å². The van der Waals surface area contributed by atoms with Crippen molar-refractivity contribution in [3.63, 3.8) is 0 Å². The Morgan fingerprint density at radius 2 is 2.20 bits per heavy atom. The van der Waals surface area contributed by atoms with E-state index >= 15 is 0 Å². The van der Waals surface area contributed by atoms with Crippen LogP contribution < -0.4 is 0 Å². The second-order valence-corrected chi connectivity index (χ2v) is 7.02. The number of amides is 1. The maximum absolute atomic E-state index is 12.3. The molecule has 1 aliphatic rings. The van der Waals surface area contributed by atoms with Gasteiger partial charge >= 0.3 is 5.97 Å². The van der Waals surface area contributed by atoms with E-state index < -0.39 is 34.2 Å². The van der Waals surface area contributed by atoms with Crippen LogP contribution in [0.25, 0.3) is 0 Å². The molecule has 2 heterocycles. The van der Waals surface area contributed by atoms with Crippen LogP contribution in [0, 0.1) is 0 Å². The van der Waals surface area contributed by atoms with E-state index in [0.29, 0.717) is 0 Å². The van der Waals surface area contributed by atoms with E-state index in [1.807, 2.05) is 0 Å². The standard InChI is InChI=1S/C11H15N3O5S/c1-13-5-9(12-7-13)11(17)14-2-3-20(18,19)6-8(14)4-10(15)16/h5,7-8H,2-4,6H2,1H3,(H,15,16). The number of carbonyl (C=O) groups excluding carboxylic acids is 1. The summed E-state index contributed by atoms with van der Waals surface area (Å²) in [4.78, 5) is 28.3. The van der Waals surface area contributed by atoms with Crippen molar-refractivity contribution < 1.29 is 23.1 Å². The normalized spacial score (nSPS) is 21.6. The molecule has 0 spiro atoms. The Morgan fingerprint density at radius 1 is 1.50 bits per heavy atom. The molecule has 1 unspecified atom stereocenters. The average molecular weight is 301 g/mol. The highest BCUT2D eigenvalue weighted by Crippen LogP contribution is 2.17. The van der Waals surface area contributed by atoms with Gasteiger partial charge in [0.2, 0.25) is 0 Å². The van der Waals surface area contributed by atoms with Crippen LogP contribution >= 0.6 is 0 Å². The second kappa shape index (κ2) is 5.23. The van der Waals surface area contributed by atoms with Gasteiger partial charge in [-0.3, -0.25) is 9.59 Å². The highest BCUT2D eigenvalue weighted by atomic mass is 32.2. The summed E-state index contributed by atoms with van der Waals surface area (Å²) in [6, 6.07) is -0.847. The third kappa shape index (κ3) is 3.16. The molecule has 8 nitrogen and oxygen atoms in total. The van der Waals surface area contributed by atoms with Crippen LogP contribution in [0.1, 0.15) is 16.9 Å². The summed E-state index contributed by atoms with van der Waals surface area (Å²) in [5.74, 6) is -2.04. The molecule has 0 radical (unpaired) electrons. The molecule has 0 bridgehead atoms. The smallest absolute Gasteiger partial charge is 0.305 e. The molecule has 2 rings (SSSR count). The molecule has 0 aromatic carbocycles. The van der Waals surface area contributed by atoms with Gasteiger partial charge in [-0.25, -0.2) is 13.4 Å². The van der Waals surface area contributed by atoms with Crippen LogP contribution in [-0.2, 0) is 21.7 Å². The van der Waals surface area contributed by atoms with E-state index in [9.17, 15) is 18.0 Å². The number of carboxylic acids is 1. The number of imidazole rings is 1. The van der Waals surface area contributed by atoms with E-state index in [4.69, 9.17) is 5.11 Å². The minimum Gasteiger partial charge on any atom is -0.481 e. The number of rotatable bonds is 3. The number of hydrogen-bond acceptors (Lipinski definition) is 5. The molecule has 1 fully saturated rings. The van der Waals surface area contributed by atoms with Gasteiger partial charge in [-0.2, -0.15) is 0 Å². The number of aryl methyl sites for hydroxylation is 1. The zero-order valence-corrected chi connectivity index (χ0v) is 11.7. The zero-order valence-electron chi connectivity index (χ0n) is 10.9. The van der Waals surface area contributed by atoms with Crippen LogP contribution in [0.3, 0.4) is 0 Å². The molecule has 1 amide bonds. The summed E-state index contributed by atoms with van der Waals surface area (Å²) in [7, 11) is -1.60. The van der Waals surface area contributed by atoms with Gasteiger partial charge in [-0.1, -0.05) is 0 Å². The summed E-state index contributed by atoms with van der Waals surface area (Å²) >= 11 is 0. The predicted octanol–water partition coefficient (Wildman–Crippen LogP) is -0.866. The minimum absolute atomic E-state index is 0.00428. The number of sulfone groups is 1. The van der Waals surface area contributed by atoms with E-state index in [-0.39, 0.29) is 23.7 Å². The van der Waals surface area contributed by atoms with Crippen molar-refractivity contribution in [2.45, 2.75) is 12.5 Å². The third-order valence-electron chi connectivity index (χ3n) is 3.13. The average Bonchev–Trinajstić information content (AvgIpc) is 2.73. The van der Waals surface area contributed by atoms with Crippen molar-refractivity contribution in [3.05, 3.63) is 18.2 Å². The van der Waals surface area contributed by atoms with Crippen molar-refractivity contribution in [2.75, 3.05) is 18.1 Å². The first kappa shape index (κ1) is 14.5. The number of carboxylic acid groups (broad SMARTS) is 1. The van der Waals surface area contributed by atoms with Gasteiger partial charge in [0.05, 0.1) is 30.3 Å². The fourth-order valence-electron chi connectivity index (χ4n) is 2.19. The molecule has 20 heavy (non-hydrogen) atoms. The van der Waals surface area contributed by atoms with Crippen molar-refractivity contribution in [1.29, 1.82) is 0 Å². The molecule has 1 saturated heterocycles. The first-order valence-corrected chi connectivity index (χ1v) is 7.82. The zero-order chi connectivity index (χ0) is 14.9. The van der Waals surface area contributed by atoms with Crippen molar-refractivity contribution >= 4 is 21.7 Å². The van der Waals surface area contributed by atoms with Crippen LogP contribution in [0.15, 0.2) is 12.5 Å². The second-order valence-electron chi connectivity index (χ2n) is 4.79. The largest absolute Gasteiger partial charge is 0.481 e. The summed E-state index contributed by atoms with van der Waals surface area (Å²) < 4.78 is 24.8. The van der Waals surface area contributed by atoms with E-state index in [0.717, 1.165) is 0 Å². The van der Waals surface area contributed by atoms with Gasteiger partial charge in [0.25, 0.3) is 5.91 Å². The topological polar surface area (TPSA) is 110 Å².